The summed E-state index contributed by atoms with van der Waals surface area (Å²) in [5.41, 5.74) is 0. The number of allylic oxidation sites excluding steroid dienone is 8. The summed E-state index contributed by atoms with van der Waals surface area (Å²) in [6.45, 7) is 6.57. The minimum atomic E-state index is -0.789. The molecule has 0 aliphatic heterocycles. The molecule has 6 heteroatoms. The van der Waals surface area contributed by atoms with Gasteiger partial charge in [-0.1, -0.05) is 230 Å². The normalized spacial score (nSPS) is 12.4. The van der Waals surface area contributed by atoms with E-state index in [1.807, 2.05) is 0 Å². The van der Waals surface area contributed by atoms with Crippen molar-refractivity contribution in [2.75, 3.05) is 13.2 Å². The number of carbonyl (C=O) groups excluding carboxylic acids is 3. The van der Waals surface area contributed by atoms with Crippen molar-refractivity contribution in [3.63, 3.8) is 0 Å². The average molecular weight is 841 g/mol. The summed E-state index contributed by atoms with van der Waals surface area (Å²) in [6.07, 6.45) is 58.1. The Hall–Kier alpha value is -2.63. The highest BCUT2D eigenvalue weighted by Gasteiger charge is 2.19. The monoisotopic (exact) mass is 841 g/mol. The molecule has 0 rings (SSSR count). The van der Waals surface area contributed by atoms with Gasteiger partial charge in [-0.2, -0.15) is 0 Å². The van der Waals surface area contributed by atoms with Crippen LogP contribution in [0.3, 0.4) is 0 Å². The van der Waals surface area contributed by atoms with Gasteiger partial charge in [-0.05, 0) is 57.8 Å². The summed E-state index contributed by atoms with van der Waals surface area (Å²) in [6, 6.07) is 0. The number of carbonyl (C=O) groups is 3. The van der Waals surface area contributed by atoms with Gasteiger partial charge in [-0.15, -0.1) is 0 Å². The molecule has 0 spiro atoms. The molecular weight excluding hydrogens is 745 g/mol. The standard InChI is InChI=1S/C54H96O6/c1-4-7-10-13-16-19-22-25-26-27-28-30-32-35-38-41-44-47-53(56)59-50-51(49-58-52(55)46-43-40-37-34-31-24-21-18-15-12-9-6-3)60-54(57)48-45-42-39-36-33-29-23-20-17-14-11-8-5-2/h16,19,25-26,28,30,35,38,51H,4-15,17-18,20-24,27,29,31-34,36-37,39-50H2,1-3H3. The molecule has 0 aromatic heterocycles. The molecule has 0 saturated carbocycles. The van der Waals surface area contributed by atoms with Crippen molar-refractivity contribution in [2.24, 2.45) is 0 Å². The SMILES string of the molecule is CCCCCC=CCC=CCC=CCC=CCCCC(=O)OCC(COC(=O)CCCCCCCCCCCCCC)OC(=O)CCCCCCCCCCCCCCC. The van der Waals surface area contributed by atoms with Crippen LogP contribution in [0.2, 0.25) is 0 Å². The molecule has 0 amide bonds. The second-order valence-corrected chi connectivity index (χ2v) is 17.1. The molecular formula is C54H96O6. The molecule has 0 radical (unpaired) electrons. The Labute approximate surface area is 371 Å². The summed E-state index contributed by atoms with van der Waals surface area (Å²) in [7, 11) is 0. The van der Waals surface area contributed by atoms with E-state index in [-0.39, 0.29) is 37.5 Å². The number of hydrogen-bond donors (Lipinski definition) is 0. The second kappa shape index (κ2) is 49.0. The van der Waals surface area contributed by atoms with Gasteiger partial charge >= 0.3 is 17.9 Å². The van der Waals surface area contributed by atoms with Gasteiger partial charge in [-0.25, -0.2) is 0 Å². The smallest absolute Gasteiger partial charge is 0.306 e. The van der Waals surface area contributed by atoms with E-state index in [1.165, 1.54) is 148 Å². The van der Waals surface area contributed by atoms with E-state index in [1.54, 1.807) is 0 Å². The molecule has 60 heavy (non-hydrogen) atoms. The Bertz CT molecular complexity index is 1060. The first-order chi connectivity index (χ1) is 29.5. The van der Waals surface area contributed by atoms with Crippen molar-refractivity contribution in [1.29, 1.82) is 0 Å². The molecule has 0 aromatic rings. The molecule has 0 saturated heterocycles. The number of ether oxygens (including phenoxy) is 3. The zero-order chi connectivity index (χ0) is 43.7. The van der Waals surface area contributed by atoms with E-state index in [9.17, 15) is 14.4 Å². The zero-order valence-electron chi connectivity index (χ0n) is 39.7. The lowest BCUT2D eigenvalue weighted by molar-refractivity contribution is -0.167. The molecule has 0 heterocycles. The predicted octanol–water partition coefficient (Wildman–Crippen LogP) is 16.7. The predicted molar refractivity (Wildman–Crippen MR) is 256 cm³/mol. The van der Waals surface area contributed by atoms with Gasteiger partial charge in [0.05, 0.1) is 0 Å². The summed E-state index contributed by atoms with van der Waals surface area (Å²) in [5, 5.41) is 0. The molecule has 0 fully saturated rings. The van der Waals surface area contributed by atoms with Crippen LogP contribution in [0.15, 0.2) is 48.6 Å². The van der Waals surface area contributed by atoms with Gasteiger partial charge in [0.15, 0.2) is 6.10 Å². The van der Waals surface area contributed by atoms with Gasteiger partial charge in [0.1, 0.15) is 13.2 Å². The van der Waals surface area contributed by atoms with Crippen LogP contribution in [0.4, 0.5) is 0 Å². The maximum atomic E-state index is 12.8. The summed E-state index contributed by atoms with van der Waals surface area (Å²) >= 11 is 0. The van der Waals surface area contributed by atoms with Crippen LogP contribution in [-0.2, 0) is 28.6 Å². The maximum Gasteiger partial charge on any atom is 0.306 e. The fraction of sp³-hybridized carbons (Fsp3) is 0.796. The van der Waals surface area contributed by atoms with Crippen LogP contribution in [0.5, 0.6) is 0 Å². The molecule has 1 atom stereocenters. The van der Waals surface area contributed by atoms with Gasteiger partial charge in [0.2, 0.25) is 0 Å². The molecule has 348 valence electrons. The Kier molecular flexibility index (Phi) is 46.9. The molecule has 0 N–H and O–H groups in total. The number of unbranched alkanes of at least 4 members (excludes halogenated alkanes) is 27. The Morgan fingerprint density at radius 1 is 0.333 bits per heavy atom. The third-order valence-corrected chi connectivity index (χ3v) is 11.1. The van der Waals surface area contributed by atoms with Crippen LogP contribution in [-0.4, -0.2) is 37.2 Å². The topological polar surface area (TPSA) is 78.9 Å². The number of esters is 3. The van der Waals surface area contributed by atoms with Crippen LogP contribution >= 0.6 is 0 Å². The lowest BCUT2D eigenvalue weighted by Gasteiger charge is -2.18. The minimum absolute atomic E-state index is 0.0864. The third-order valence-electron chi connectivity index (χ3n) is 11.1. The largest absolute Gasteiger partial charge is 0.462 e. The van der Waals surface area contributed by atoms with Gasteiger partial charge in [0, 0.05) is 19.3 Å². The molecule has 0 bridgehead atoms. The van der Waals surface area contributed by atoms with Gasteiger partial charge in [0.25, 0.3) is 0 Å². The van der Waals surface area contributed by atoms with Crippen molar-refractivity contribution in [3.05, 3.63) is 48.6 Å². The average Bonchev–Trinajstić information content (AvgIpc) is 3.24. The van der Waals surface area contributed by atoms with E-state index in [4.69, 9.17) is 14.2 Å². The second-order valence-electron chi connectivity index (χ2n) is 17.1. The van der Waals surface area contributed by atoms with Crippen LogP contribution in [0.1, 0.15) is 258 Å². The van der Waals surface area contributed by atoms with Crippen LogP contribution in [0.25, 0.3) is 0 Å². The van der Waals surface area contributed by atoms with Crippen LogP contribution in [0, 0.1) is 0 Å². The molecule has 0 aliphatic carbocycles. The van der Waals surface area contributed by atoms with Crippen molar-refractivity contribution in [1.82, 2.24) is 0 Å². The van der Waals surface area contributed by atoms with E-state index in [2.05, 4.69) is 69.4 Å². The fourth-order valence-electron chi connectivity index (χ4n) is 7.20. The van der Waals surface area contributed by atoms with Crippen LogP contribution < -0.4 is 0 Å². The maximum absolute atomic E-state index is 12.8. The van der Waals surface area contributed by atoms with Crippen molar-refractivity contribution < 1.29 is 28.6 Å². The van der Waals surface area contributed by atoms with E-state index < -0.39 is 6.10 Å². The Morgan fingerprint density at radius 2 is 0.617 bits per heavy atom. The highest BCUT2D eigenvalue weighted by Crippen LogP contribution is 2.15. The van der Waals surface area contributed by atoms with E-state index in [0.717, 1.165) is 64.2 Å². The molecule has 1 unspecified atom stereocenters. The molecule has 0 aliphatic rings. The highest BCUT2D eigenvalue weighted by atomic mass is 16.6. The first-order valence-electron chi connectivity index (χ1n) is 25.6. The lowest BCUT2D eigenvalue weighted by Crippen LogP contribution is -2.30. The number of hydrogen-bond acceptors (Lipinski definition) is 6. The first kappa shape index (κ1) is 57.4. The van der Waals surface area contributed by atoms with Crippen molar-refractivity contribution in [3.8, 4) is 0 Å². The summed E-state index contributed by atoms with van der Waals surface area (Å²) < 4.78 is 16.7. The van der Waals surface area contributed by atoms with E-state index in [0.29, 0.717) is 19.3 Å². The van der Waals surface area contributed by atoms with Gasteiger partial charge < -0.3 is 14.2 Å². The third kappa shape index (κ3) is 46.4. The zero-order valence-corrected chi connectivity index (χ0v) is 39.7. The molecule has 0 aromatic carbocycles. The van der Waals surface area contributed by atoms with Crippen molar-refractivity contribution in [2.45, 2.75) is 264 Å². The lowest BCUT2D eigenvalue weighted by atomic mass is 10.0. The Morgan fingerprint density at radius 3 is 1.00 bits per heavy atom. The van der Waals surface area contributed by atoms with E-state index >= 15 is 0 Å². The van der Waals surface area contributed by atoms with Crippen molar-refractivity contribution >= 4 is 17.9 Å². The fourth-order valence-corrected chi connectivity index (χ4v) is 7.20. The quantitative estimate of drug-likeness (QED) is 0.0263. The first-order valence-corrected chi connectivity index (χ1v) is 25.6. The molecule has 6 nitrogen and oxygen atoms in total. The minimum Gasteiger partial charge on any atom is -0.462 e. The highest BCUT2D eigenvalue weighted by molar-refractivity contribution is 5.71. The summed E-state index contributed by atoms with van der Waals surface area (Å²) in [5.74, 6) is -0.937. The Balaban J connectivity index is 4.43. The number of rotatable bonds is 46. The van der Waals surface area contributed by atoms with Gasteiger partial charge in [-0.3, -0.25) is 14.4 Å². The summed E-state index contributed by atoms with van der Waals surface area (Å²) in [4.78, 5) is 37.9.